The minimum atomic E-state index is -0.497. The first kappa shape index (κ1) is 21.5. The van der Waals surface area contributed by atoms with Gasteiger partial charge in [-0.3, -0.25) is 14.3 Å². The molecule has 0 saturated carbocycles. The first-order valence-electron chi connectivity index (χ1n) is 9.22. The lowest BCUT2D eigenvalue weighted by molar-refractivity contribution is -0.121. The Morgan fingerprint density at radius 2 is 1.97 bits per heavy atom. The minimum Gasteiger partial charge on any atom is -0.497 e. The van der Waals surface area contributed by atoms with Gasteiger partial charge in [-0.05, 0) is 40.0 Å². The van der Waals surface area contributed by atoms with E-state index < -0.39 is 5.91 Å². The molecule has 0 aliphatic rings. The Kier molecular flexibility index (Phi) is 7.55. The Bertz CT molecular complexity index is 985. The first-order chi connectivity index (χ1) is 14.5. The van der Waals surface area contributed by atoms with Gasteiger partial charge in [0.05, 0.1) is 17.8 Å². The van der Waals surface area contributed by atoms with Crippen molar-refractivity contribution >= 4 is 27.7 Å². The number of hydrogen-bond acceptors (Lipinski definition) is 7. The number of carbonyl (C=O) groups is 2. The summed E-state index contributed by atoms with van der Waals surface area (Å²) in [4.78, 5) is 28.0. The first-order valence-corrected chi connectivity index (χ1v) is 10.0. The van der Waals surface area contributed by atoms with E-state index in [1.54, 1.807) is 24.2 Å². The number of methoxy groups -OCH3 is 1. The SMILES string of the molecule is COc1ccc(CCC(=O)NCCNC(=O)c2nc(Cn3cc(Br)cn3)no2)cc1. The Morgan fingerprint density at radius 3 is 2.67 bits per heavy atom. The van der Waals surface area contributed by atoms with Gasteiger partial charge in [0.15, 0.2) is 5.82 Å². The number of rotatable bonds is 10. The van der Waals surface area contributed by atoms with Gasteiger partial charge in [-0.2, -0.15) is 10.1 Å². The summed E-state index contributed by atoms with van der Waals surface area (Å²) >= 11 is 3.30. The van der Waals surface area contributed by atoms with Crippen molar-refractivity contribution in [3.63, 3.8) is 0 Å². The third-order valence-electron chi connectivity index (χ3n) is 4.10. The Hall–Kier alpha value is -3.21. The molecule has 11 heteroatoms. The van der Waals surface area contributed by atoms with Gasteiger partial charge in [0.25, 0.3) is 0 Å². The summed E-state index contributed by atoms with van der Waals surface area (Å²) in [5.41, 5.74) is 1.05. The molecule has 0 unspecified atom stereocenters. The van der Waals surface area contributed by atoms with Gasteiger partial charge < -0.3 is 19.9 Å². The van der Waals surface area contributed by atoms with Crippen molar-refractivity contribution in [2.45, 2.75) is 19.4 Å². The molecule has 0 spiro atoms. The number of nitrogens with one attached hydrogen (secondary N) is 2. The second-order valence-electron chi connectivity index (χ2n) is 6.33. The van der Waals surface area contributed by atoms with E-state index in [2.05, 4.69) is 41.8 Å². The van der Waals surface area contributed by atoms with Crippen LogP contribution in [0.15, 0.2) is 45.7 Å². The average molecular weight is 477 g/mol. The van der Waals surface area contributed by atoms with Crippen LogP contribution in [-0.4, -0.2) is 51.9 Å². The van der Waals surface area contributed by atoms with Gasteiger partial charge in [0.2, 0.25) is 5.91 Å². The fraction of sp³-hybridized carbons (Fsp3) is 0.316. The summed E-state index contributed by atoms with van der Waals surface area (Å²) in [5.74, 6) is 0.389. The van der Waals surface area contributed by atoms with Gasteiger partial charge in [-0.1, -0.05) is 17.3 Å². The molecule has 2 amide bonds. The zero-order chi connectivity index (χ0) is 21.3. The predicted molar refractivity (Wildman–Crippen MR) is 110 cm³/mol. The molecule has 2 N–H and O–H groups in total. The third-order valence-corrected chi connectivity index (χ3v) is 4.51. The van der Waals surface area contributed by atoms with E-state index in [0.717, 1.165) is 15.8 Å². The van der Waals surface area contributed by atoms with E-state index in [9.17, 15) is 9.59 Å². The van der Waals surface area contributed by atoms with Crippen LogP contribution in [0.3, 0.4) is 0 Å². The van der Waals surface area contributed by atoms with Crippen LogP contribution in [0.25, 0.3) is 0 Å². The highest BCUT2D eigenvalue weighted by molar-refractivity contribution is 9.10. The number of amides is 2. The molecule has 2 aromatic heterocycles. The van der Waals surface area contributed by atoms with Crippen LogP contribution in [0.5, 0.6) is 5.75 Å². The molecule has 3 rings (SSSR count). The average Bonchev–Trinajstić information content (AvgIpc) is 3.39. The lowest BCUT2D eigenvalue weighted by Crippen LogP contribution is -2.34. The van der Waals surface area contributed by atoms with E-state index in [1.165, 1.54) is 0 Å². The second-order valence-corrected chi connectivity index (χ2v) is 7.24. The lowest BCUT2D eigenvalue weighted by atomic mass is 10.1. The largest absolute Gasteiger partial charge is 0.497 e. The number of aryl methyl sites for hydroxylation is 1. The van der Waals surface area contributed by atoms with Gasteiger partial charge in [0.1, 0.15) is 12.3 Å². The molecule has 10 nitrogen and oxygen atoms in total. The fourth-order valence-electron chi connectivity index (χ4n) is 2.57. The van der Waals surface area contributed by atoms with Crippen molar-refractivity contribution in [2.75, 3.05) is 20.2 Å². The number of benzene rings is 1. The van der Waals surface area contributed by atoms with Crippen molar-refractivity contribution in [1.29, 1.82) is 0 Å². The maximum Gasteiger partial charge on any atom is 0.316 e. The second kappa shape index (κ2) is 10.5. The molecule has 3 aromatic rings. The quantitative estimate of drug-likeness (QED) is 0.425. The summed E-state index contributed by atoms with van der Waals surface area (Å²) < 4.78 is 12.5. The van der Waals surface area contributed by atoms with E-state index in [0.29, 0.717) is 25.2 Å². The van der Waals surface area contributed by atoms with Crippen molar-refractivity contribution in [2.24, 2.45) is 0 Å². The van der Waals surface area contributed by atoms with Gasteiger partial charge in [-0.25, -0.2) is 0 Å². The third kappa shape index (κ3) is 6.41. The molecule has 0 saturated heterocycles. The molecule has 0 bridgehead atoms. The Morgan fingerprint density at radius 1 is 1.20 bits per heavy atom. The number of hydrogen-bond donors (Lipinski definition) is 2. The van der Waals surface area contributed by atoms with Crippen LogP contribution >= 0.6 is 15.9 Å². The molecular weight excluding hydrogens is 456 g/mol. The van der Waals surface area contributed by atoms with Gasteiger partial charge in [-0.15, -0.1) is 0 Å². The number of ether oxygens (including phenoxy) is 1. The number of carbonyl (C=O) groups excluding carboxylic acids is 2. The normalized spacial score (nSPS) is 10.6. The van der Waals surface area contributed by atoms with Crippen molar-refractivity contribution in [1.82, 2.24) is 30.6 Å². The van der Waals surface area contributed by atoms with Crippen LogP contribution in [0.2, 0.25) is 0 Å². The van der Waals surface area contributed by atoms with Crippen LogP contribution < -0.4 is 15.4 Å². The molecule has 2 heterocycles. The predicted octanol–water partition coefficient (Wildman–Crippen LogP) is 1.56. The summed E-state index contributed by atoms with van der Waals surface area (Å²) in [6.07, 6.45) is 4.38. The Labute approximate surface area is 181 Å². The van der Waals surface area contributed by atoms with Crippen LogP contribution in [-0.2, 0) is 17.8 Å². The zero-order valence-electron chi connectivity index (χ0n) is 16.3. The lowest BCUT2D eigenvalue weighted by Gasteiger charge is -2.06. The maximum atomic E-state index is 12.1. The maximum absolute atomic E-state index is 12.1. The van der Waals surface area contributed by atoms with Crippen LogP contribution in [0.4, 0.5) is 0 Å². The molecule has 30 heavy (non-hydrogen) atoms. The standard InChI is InChI=1S/C19H21BrN6O4/c1-29-15-5-2-13(3-6-15)4-7-17(27)21-8-9-22-18(28)19-24-16(25-30-19)12-26-11-14(20)10-23-26/h2-3,5-6,10-11H,4,7-9,12H2,1H3,(H,21,27)(H,22,28). The molecule has 0 aliphatic heterocycles. The summed E-state index contributed by atoms with van der Waals surface area (Å²) in [7, 11) is 1.61. The molecular formula is C19H21BrN6O4. The van der Waals surface area contributed by atoms with Crippen molar-refractivity contribution in [3.8, 4) is 5.75 Å². The fourth-order valence-corrected chi connectivity index (χ4v) is 2.90. The molecule has 158 valence electrons. The summed E-state index contributed by atoms with van der Waals surface area (Å²) in [6.45, 7) is 0.832. The number of halogens is 1. The number of aromatic nitrogens is 4. The van der Waals surface area contributed by atoms with Crippen LogP contribution in [0, 0.1) is 0 Å². The van der Waals surface area contributed by atoms with Gasteiger partial charge in [0, 0.05) is 25.7 Å². The highest BCUT2D eigenvalue weighted by atomic mass is 79.9. The highest BCUT2D eigenvalue weighted by Gasteiger charge is 2.15. The number of nitrogens with zero attached hydrogens (tertiary/aromatic N) is 4. The van der Waals surface area contributed by atoms with E-state index >= 15 is 0 Å². The monoisotopic (exact) mass is 476 g/mol. The molecule has 0 radical (unpaired) electrons. The highest BCUT2D eigenvalue weighted by Crippen LogP contribution is 2.12. The van der Waals surface area contributed by atoms with Crippen molar-refractivity contribution in [3.05, 3.63) is 58.4 Å². The van der Waals surface area contributed by atoms with E-state index in [-0.39, 0.29) is 24.9 Å². The summed E-state index contributed by atoms with van der Waals surface area (Å²) in [6, 6.07) is 7.58. The van der Waals surface area contributed by atoms with E-state index in [1.807, 2.05) is 24.3 Å². The summed E-state index contributed by atoms with van der Waals surface area (Å²) in [5, 5.41) is 13.2. The molecule has 1 aromatic carbocycles. The van der Waals surface area contributed by atoms with Gasteiger partial charge >= 0.3 is 11.8 Å². The topological polar surface area (TPSA) is 124 Å². The molecule has 0 fully saturated rings. The zero-order valence-corrected chi connectivity index (χ0v) is 17.9. The Balaban J connectivity index is 1.33. The smallest absolute Gasteiger partial charge is 0.316 e. The van der Waals surface area contributed by atoms with Crippen molar-refractivity contribution < 1.29 is 18.8 Å². The van der Waals surface area contributed by atoms with Crippen LogP contribution in [0.1, 0.15) is 28.5 Å². The minimum absolute atomic E-state index is 0.0921. The van der Waals surface area contributed by atoms with E-state index in [4.69, 9.17) is 9.26 Å². The molecule has 0 atom stereocenters. The molecule has 0 aliphatic carbocycles.